The highest BCUT2D eigenvalue weighted by Crippen LogP contribution is 2.15. The van der Waals surface area contributed by atoms with E-state index in [4.69, 9.17) is 5.73 Å². The van der Waals surface area contributed by atoms with Crippen molar-refractivity contribution in [1.82, 2.24) is 5.32 Å². The maximum Gasteiger partial charge on any atom is 0.313 e. The summed E-state index contributed by atoms with van der Waals surface area (Å²) in [6.07, 6.45) is 0. The fraction of sp³-hybridized carbons (Fsp3) is 0.250. The van der Waals surface area contributed by atoms with Gasteiger partial charge in [-0.15, -0.1) is 0 Å². The van der Waals surface area contributed by atoms with Gasteiger partial charge in [-0.2, -0.15) is 0 Å². The van der Waals surface area contributed by atoms with Crippen molar-refractivity contribution in [3.8, 4) is 0 Å². The van der Waals surface area contributed by atoms with Crippen molar-refractivity contribution in [2.24, 2.45) is 5.73 Å². The van der Waals surface area contributed by atoms with Crippen LogP contribution in [0.5, 0.6) is 0 Å². The van der Waals surface area contributed by atoms with E-state index in [1.165, 1.54) is 0 Å². The molecule has 0 fully saturated rings. The van der Waals surface area contributed by atoms with Gasteiger partial charge in [-0.1, -0.05) is 12.2 Å². The maximum absolute atomic E-state index is 11.5. The van der Waals surface area contributed by atoms with Crippen LogP contribution in [-0.2, 0) is 9.59 Å². The number of rotatable bonds is 4. The molecule has 7 heteroatoms. The molecule has 1 aromatic rings. The molecule has 1 rings (SSSR count). The number of nitrogens with two attached hydrogens (primary N) is 1. The highest BCUT2D eigenvalue weighted by Gasteiger charge is 2.13. The Balaban J connectivity index is 2.56. The SMILES string of the molecule is CN(C)c1ccc(NC(=O)C(=O)NCC(N)=S)cc1. The third-order valence-electron chi connectivity index (χ3n) is 2.27. The Bertz CT molecular complexity index is 485. The molecule has 0 unspecified atom stereocenters. The van der Waals surface area contributed by atoms with E-state index in [1.807, 2.05) is 31.1 Å². The second-order valence-corrected chi connectivity index (χ2v) is 4.57. The number of hydrogen-bond donors (Lipinski definition) is 3. The molecule has 0 radical (unpaired) electrons. The summed E-state index contributed by atoms with van der Waals surface area (Å²) < 4.78 is 0. The molecule has 0 aliphatic rings. The fourth-order valence-electron chi connectivity index (χ4n) is 1.28. The zero-order chi connectivity index (χ0) is 14.4. The molecule has 0 spiro atoms. The molecule has 102 valence electrons. The average Bonchev–Trinajstić information content (AvgIpc) is 2.36. The minimum absolute atomic E-state index is 0.00114. The zero-order valence-corrected chi connectivity index (χ0v) is 11.6. The first-order valence-electron chi connectivity index (χ1n) is 5.55. The normalized spacial score (nSPS) is 9.58. The molecule has 1 aromatic carbocycles. The van der Waals surface area contributed by atoms with Crippen LogP contribution in [0, 0.1) is 0 Å². The summed E-state index contributed by atoms with van der Waals surface area (Å²) in [6, 6.07) is 7.10. The molecular weight excluding hydrogens is 264 g/mol. The van der Waals surface area contributed by atoms with Crippen LogP contribution in [0.2, 0.25) is 0 Å². The van der Waals surface area contributed by atoms with E-state index < -0.39 is 11.8 Å². The molecule has 19 heavy (non-hydrogen) atoms. The average molecular weight is 280 g/mol. The zero-order valence-electron chi connectivity index (χ0n) is 10.8. The van der Waals surface area contributed by atoms with Gasteiger partial charge in [0.25, 0.3) is 0 Å². The molecule has 2 amide bonds. The number of amides is 2. The van der Waals surface area contributed by atoms with Crippen LogP contribution in [0.4, 0.5) is 11.4 Å². The van der Waals surface area contributed by atoms with Gasteiger partial charge in [0, 0.05) is 25.5 Å². The second-order valence-electron chi connectivity index (χ2n) is 4.04. The Morgan fingerprint density at radius 2 is 1.79 bits per heavy atom. The minimum Gasteiger partial charge on any atom is -0.392 e. The van der Waals surface area contributed by atoms with Gasteiger partial charge in [0.15, 0.2) is 0 Å². The summed E-state index contributed by atoms with van der Waals surface area (Å²) in [5.41, 5.74) is 6.76. The van der Waals surface area contributed by atoms with Crippen molar-refractivity contribution in [3.05, 3.63) is 24.3 Å². The van der Waals surface area contributed by atoms with Crippen LogP contribution < -0.4 is 21.3 Å². The van der Waals surface area contributed by atoms with Crippen molar-refractivity contribution >= 4 is 40.4 Å². The summed E-state index contributed by atoms with van der Waals surface area (Å²) in [5.74, 6) is -1.53. The predicted octanol–water partition coefficient (Wildman–Crippen LogP) is 0.0934. The van der Waals surface area contributed by atoms with Crippen LogP contribution >= 0.6 is 12.2 Å². The highest BCUT2D eigenvalue weighted by molar-refractivity contribution is 7.80. The molecule has 0 saturated heterocycles. The van der Waals surface area contributed by atoms with Gasteiger partial charge in [-0.05, 0) is 24.3 Å². The van der Waals surface area contributed by atoms with Crippen molar-refractivity contribution in [1.29, 1.82) is 0 Å². The van der Waals surface area contributed by atoms with E-state index in [0.29, 0.717) is 5.69 Å². The number of anilines is 2. The second kappa shape index (κ2) is 6.69. The molecule has 0 aromatic heterocycles. The van der Waals surface area contributed by atoms with Gasteiger partial charge in [-0.25, -0.2) is 0 Å². The maximum atomic E-state index is 11.5. The van der Waals surface area contributed by atoms with E-state index in [2.05, 4.69) is 22.9 Å². The van der Waals surface area contributed by atoms with Crippen molar-refractivity contribution < 1.29 is 9.59 Å². The third-order valence-corrected chi connectivity index (χ3v) is 2.42. The van der Waals surface area contributed by atoms with Crippen LogP contribution in [0.25, 0.3) is 0 Å². The number of benzene rings is 1. The van der Waals surface area contributed by atoms with Crippen LogP contribution in [0.1, 0.15) is 0 Å². The van der Waals surface area contributed by atoms with Crippen LogP contribution in [0.15, 0.2) is 24.3 Å². The topological polar surface area (TPSA) is 87.5 Å². The molecular formula is C12H16N4O2S. The smallest absolute Gasteiger partial charge is 0.313 e. The summed E-state index contributed by atoms with van der Waals surface area (Å²) in [6.45, 7) is 0.00114. The predicted molar refractivity (Wildman–Crippen MR) is 79.2 cm³/mol. The van der Waals surface area contributed by atoms with Crippen LogP contribution in [-0.4, -0.2) is 37.4 Å². The van der Waals surface area contributed by atoms with Crippen molar-refractivity contribution in [2.45, 2.75) is 0 Å². The number of carbonyl (C=O) groups excluding carboxylic acids is 2. The Morgan fingerprint density at radius 1 is 1.21 bits per heavy atom. The number of thiocarbonyl (C=S) groups is 1. The largest absolute Gasteiger partial charge is 0.392 e. The number of hydrogen-bond acceptors (Lipinski definition) is 4. The van der Waals surface area contributed by atoms with Gasteiger partial charge >= 0.3 is 11.8 Å². The van der Waals surface area contributed by atoms with Crippen molar-refractivity contribution in [3.63, 3.8) is 0 Å². The molecule has 0 bridgehead atoms. The lowest BCUT2D eigenvalue weighted by molar-refractivity contribution is -0.135. The molecule has 0 atom stereocenters. The van der Waals surface area contributed by atoms with E-state index >= 15 is 0 Å². The van der Waals surface area contributed by atoms with E-state index in [9.17, 15) is 9.59 Å². The summed E-state index contributed by atoms with van der Waals surface area (Å²) in [7, 11) is 3.83. The third kappa shape index (κ3) is 4.92. The molecule has 0 aliphatic heterocycles. The van der Waals surface area contributed by atoms with E-state index in [-0.39, 0.29) is 11.5 Å². The first-order chi connectivity index (χ1) is 8.90. The van der Waals surface area contributed by atoms with E-state index in [0.717, 1.165) is 5.69 Å². The van der Waals surface area contributed by atoms with Gasteiger partial charge in [0.05, 0.1) is 11.5 Å². The van der Waals surface area contributed by atoms with Gasteiger partial charge in [-0.3, -0.25) is 9.59 Å². The quantitative estimate of drug-likeness (QED) is 0.537. The standard InChI is InChI=1S/C12H16N4O2S/c1-16(2)9-5-3-8(4-6-9)15-12(18)11(17)14-7-10(13)19/h3-6H,7H2,1-2H3,(H2,13,19)(H,14,17)(H,15,18). The Kier molecular flexibility index (Phi) is 5.25. The Hall–Kier alpha value is -2.15. The van der Waals surface area contributed by atoms with Gasteiger partial charge < -0.3 is 21.3 Å². The van der Waals surface area contributed by atoms with Gasteiger partial charge in [0.2, 0.25) is 0 Å². The Morgan fingerprint density at radius 3 is 2.26 bits per heavy atom. The van der Waals surface area contributed by atoms with Crippen LogP contribution in [0.3, 0.4) is 0 Å². The lowest BCUT2D eigenvalue weighted by atomic mass is 10.2. The highest BCUT2D eigenvalue weighted by atomic mass is 32.1. The van der Waals surface area contributed by atoms with Crippen molar-refractivity contribution in [2.75, 3.05) is 30.9 Å². The molecule has 0 heterocycles. The first kappa shape index (κ1) is 14.9. The lowest BCUT2D eigenvalue weighted by Gasteiger charge is -2.13. The minimum atomic E-state index is -0.774. The molecule has 0 saturated carbocycles. The fourth-order valence-corrected chi connectivity index (χ4v) is 1.35. The lowest BCUT2D eigenvalue weighted by Crippen LogP contribution is -2.39. The number of nitrogens with one attached hydrogen (secondary N) is 2. The number of carbonyl (C=O) groups is 2. The molecule has 4 N–H and O–H groups in total. The number of nitrogens with zero attached hydrogens (tertiary/aromatic N) is 1. The summed E-state index contributed by atoms with van der Waals surface area (Å²) in [4.78, 5) is 25.0. The van der Waals surface area contributed by atoms with Gasteiger partial charge in [0.1, 0.15) is 0 Å². The monoisotopic (exact) mass is 280 g/mol. The first-order valence-corrected chi connectivity index (χ1v) is 5.96. The molecule has 0 aliphatic carbocycles. The van der Waals surface area contributed by atoms with E-state index in [1.54, 1.807) is 12.1 Å². The molecule has 6 nitrogen and oxygen atoms in total. The summed E-state index contributed by atoms with van der Waals surface area (Å²) in [5, 5.41) is 4.78. The Labute approximate surface area is 117 Å². The summed E-state index contributed by atoms with van der Waals surface area (Å²) >= 11 is 4.60.